The van der Waals surface area contributed by atoms with Gasteiger partial charge >= 0.3 is 6.18 Å². The van der Waals surface area contributed by atoms with Crippen LogP contribution >= 0.6 is 0 Å². The summed E-state index contributed by atoms with van der Waals surface area (Å²) in [5.74, 6) is 1.21. The molecule has 5 heteroatoms. The minimum Gasteiger partial charge on any atom is -0.494 e. The summed E-state index contributed by atoms with van der Waals surface area (Å²) in [5, 5.41) is 0. The van der Waals surface area contributed by atoms with Gasteiger partial charge in [-0.25, -0.2) is 0 Å². The summed E-state index contributed by atoms with van der Waals surface area (Å²) in [6.45, 7) is 0.411. The molecular formula is C13H16F3NO. The summed E-state index contributed by atoms with van der Waals surface area (Å²) in [5.41, 5.74) is 4.74. The highest BCUT2D eigenvalue weighted by Gasteiger charge is 2.33. The molecule has 0 amide bonds. The van der Waals surface area contributed by atoms with E-state index in [4.69, 9.17) is 10.5 Å². The predicted molar refractivity (Wildman–Crippen MR) is 62.2 cm³/mol. The topological polar surface area (TPSA) is 35.2 Å². The zero-order valence-corrected chi connectivity index (χ0v) is 9.96. The molecule has 1 aromatic carbocycles. The van der Waals surface area contributed by atoms with E-state index in [1.54, 1.807) is 0 Å². The highest BCUT2D eigenvalue weighted by molar-refractivity contribution is 5.37. The van der Waals surface area contributed by atoms with Gasteiger partial charge in [-0.1, -0.05) is 12.8 Å². The molecule has 1 aromatic rings. The molecule has 0 spiro atoms. The quantitative estimate of drug-likeness (QED) is 0.880. The Balaban J connectivity index is 2.03. The number of rotatable bonds is 5. The van der Waals surface area contributed by atoms with Crippen LogP contribution < -0.4 is 10.5 Å². The van der Waals surface area contributed by atoms with E-state index < -0.39 is 11.7 Å². The minimum absolute atomic E-state index is 0.0754. The molecule has 2 rings (SSSR count). The minimum atomic E-state index is -4.36. The van der Waals surface area contributed by atoms with Crippen molar-refractivity contribution in [3.05, 3.63) is 29.3 Å². The van der Waals surface area contributed by atoms with Crippen LogP contribution in [0.25, 0.3) is 0 Å². The SMILES string of the molecule is NCc1cc(OCCC2CC2)ccc1C(F)(F)F. The second kappa shape index (κ2) is 5.18. The third-order valence-corrected chi connectivity index (χ3v) is 3.09. The number of benzene rings is 1. The van der Waals surface area contributed by atoms with E-state index in [0.29, 0.717) is 12.4 Å². The van der Waals surface area contributed by atoms with E-state index in [9.17, 15) is 13.2 Å². The number of ether oxygens (including phenoxy) is 1. The van der Waals surface area contributed by atoms with Crippen molar-refractivity contribution < 1.29 is 17.9 Å². The molecule has 0 bridgehead atoms. The Morgan fingerprint density at radius 2 is 2.00 bits per heavy atom. The molecule has 1 aliphatic carbocycles. The van der Waals surface area contributed by atoms with Gasteiger partial charge in [0.25, 0.3) is 0 Å². The van der Waals surface area contributed by atoms with Gasteiger partial charge in [0.15, 0.2) is 0 Å². The van der Waals surface area contributed by atoms with Crippen LogP contribution in [0.1, 0.15) is 30.4 Å². The average Bonchev–Trinajstić information content (AvgIpc) is 3.11. The van der Waals surface area contributed by atoms with Gasteiger partial charge in [0.1, 0.15) is 5.75 Å². The predicted octanol–water partition coefficient (Wildman–Crippen LogP) is 3.34. The van der Waals surface area contributed by atoms with Gasteiger partial charge in [-0.05, 0) is 36.1 Å². The number of nitrogens with two attached hydrogens (primary N) is 1. The maximum Gasteiger partial charge on any atom is 0.416 e. The maximum absolute atomic E-state index is 12.6. The Hall–Kier alpha value is -1.23. The van der Waals surface area contributed by atoms with Crippen LogP contribution in [0.2, 0.25) is 0 Å². The number of alkyl halides is 3. The Morgan fingerprint density at radius 1 is 1.28 bits per heavy atom. The van der Waals surface area contributed by atoms with Crippen molar-refractivity contribution in [2.75, 3.05) is 6.61 Å². The molecule has 0 aromatic heterocycles. The molecule has 2 nitrogen and oxygen atoms in total. The first-order valence-electron chi connectivity index (χ1n) is 6.03. The van der Waals surface area contributed by atoms with Gasteiger partial charge in [0.2, 0.25) is 0 Å². The van der Waals surface area contributed by atoms with Crippen LogP contribution in [-0.4, -0.2) is 6.61 Å². The van der Waals surface area contributed by atoms with Gasteiger partial charge < -0.3 is 10.5 Å². The number of hydrogen-bond acceptors (Lipinski definition) is 2. The van der Waals surface area contributed by atoms with Crippen LogP contribution in [0.4, 0.5) is 13.2 Å². The van der Waals surface area contributed by atoms with E-state index in [1.165, 1.54) is 25.0 Å². The van der Waals surface area contributed by atoms with Gasteiger partial charge in [-0.2, -0.15) is 13.2 Å². The summed E-state index contributed by atoms with van der Waals surface area (Å²) in [4.78, 5) is 0. The molecule has 0 radical (unpaired) electrons. The van der Waals surface area contributed by atoms with Crippen LogP contribution in [0.5, 0.6) is 5.75 Å². The fourth-order valence-electron chi connectivity index (χ4n) is 1.86. The zero-order chi connectivity index (χ0) is 13.2. The lowest BCUT2D eigenvalue weighted by Gasteiger charge is -2.13. The van der Waals surface area contributed by atoms with Crippen LogP contribution in [0.15, 0.2) is 18.2 Å². The van der Waals surface area contributed by atoms with E-state index in [1.807, 2.05) is 0 Å². The van der Waals surface area contributed by atoms with Gasteiger partial charge in [-0.3, -0.25) is 0 Å². The Morgan fingerprint density at radius 3 is 2.56 bits per heavy atom. The van der Waals surface area contributed by atoms with Crippen molar-refractivity contribution in [3.63, 3.8) is 0 Å². The number of hydrogen-bond donors (Lipinski definition) is 1. The summed E-state index contributed by atoms with van der Waals surface area (Å²) in [6, 6.07) is 3.78. The first kappa shape index (κ1) is 13.2. The average molecular weight is 259 g/mol. The summed E-state index contributed by atoms with van der Waals surface area (Å²) >= 11 is 0. The third-order valence-electron chi connectivity index (χ3n) is 3.09. The molecule has 0 unspecified atom stereocenters. The van der Waals surface area contributed by atoms with E-state index in [0.717, 1.165) is 18.4 Å². The molecule has 100 valence electrons. The van der Waals surface area contributed by atoms with Crippen molar-refractivity contribution in [2.45, 2.75) is 32.0 Å². The highest BCUT2D eigenvalue weighted by Crippen LogP contribution is 2.34. The molecule has 1 saturated carbocycles. The standard InChI is InChI=1S/C13H16F3NO/c14-13(15,16)12-4-3-11(7-10(12)8-17)18-6-5-9-1-2-9/h3-4,7,9H,1-2,5-6,8,17H2. The van der Waals surface area contributed by atoms with Gasteiger partial charge in [-0.15, -0.1) is 0 Å². The first-order chi connectivity index (χ1) is 8.50. The molecular weight excluding hydrogens is 243 g/mol. The molecule has 0 aliphatic heterocycles. The molecule has 0 heterocycles. The van der Waals surface area contributed by atoms with E-state index in [-0.39, 0.29) is 12.1 Å². The fourth-order valence-corrected chi connectivity index (χ4v) is 1.86. The third kappa shape index (κ3) is 3.38. The zero-order valence-electron chi connectivity index (χ0n) is 9.96. The Labute approximate surface area is 104 Å². The fraction of sp³-hybridized carbons (Fsp3) is 0.538. The van der Waals surface area contributed by atoms with Crippen LogP contribution in [-0.2, 0) is 12.7 Å². The summed E-state index contributed by atoms with van der Waals surface area (Å²) in [7, 11) is 0. The molecule has 2 N–H and O–H groups in total. The molecule has 1 aliphatic rings. The second-order valence-corrected chi connectivity index (χ2v) is 4.60. The van der Waals surface area contributed by atoms with Crippen molar-refractivity contribution in [2.24, 2.45) is 11.7 Å². The lowest BCUT2D eigenvalue weighted by atomic mass is 10.1. The Bertz CT molecular complexity index is 413. The Kier molecular flexibility index (Phi) is 3.80. The van der Waals surface area contributed by atoms with E-state index in [2.05, 4.69) is 0 Å². The largest absolute Gasteiger partial charge is 0.494 e. The van der Waals surface area contributed by atoms with E-state index >= 15 is 0 Å². The van der Waals surface area contributed by atoms with Crippen LogP contribution in [0.3, 0.4) is 0 Å². The van der Waals surface area contributed by atoms with Crippen molar-refractivity contribution in [1.29, 1.82) is 0 Å². The molecule has 18 heavy (non-hydrogen) atoms. The summed E-state index contributed by atoms with van der Waals surface area (Å²) < 4.78 is 43.4. The second-order valence-electron chi connectivity index (χ2n) is 4.60. The molecule has 0 atom stereocenters. The summed E-state index contributed by atoms with van der Waals surface area (Å²) in [6.07, 6.45) is -0.908. The molecule has 0 saturated heterocycles. The maximum atomic E-state index is 12.6. The lowest BCUT2D eigenvalue weighted by Crippen LogP contribution is -2.12. The smallest absolute Gasteiger partial charge is 0.416 e. The lowest BCUT2D eigenvalue weighted by molar-refractivity contribution is -0.138. The van der Waals surface area contributed by atoms with Crippen molar-refractivity contribution >= 4 is 0 Å². The van der Waals surface area contributed by atoms with Crippen molar-refractivity contribution in [1.82, 2.24) is 0 Å². The number of halogens is 3. The van der Waals surface area contributed by atoms with Crippen molar-refractivity contribution in [3.8, 4) is 5.75 Å². The highest BCUT2D eigenvalue weighted by atomic mass is 19.4. The normalized spacial score (nSPS) is 15.8. The van der Waals surface area contributed by atoms with Gasteiger partial charge in [0, 0.05) is 6.54 Å². The molecule has 1 fully saturated rings. The monoisotopic (exact) mass is 259 g/mol. The van der Waals surface area contributed by atoms with Gasteiger partial charge in [0.05, 0.1) is 12.2 Å². The first-order valence-corrected chi connectivity index (χ1v) is 6.03. The van der Waals surface area contributed by atoms with Crippen LogP contribution in [0, 0.1) is 5.92 Å².